The molecule has 21 heavy (non-hydrogen) atoms. The Labute approximate surface area is 133 Å². The van der Waals surface area contributed by atoms with Crippen molar-refractivity contribution >= 4 is 11.6 Å². The molecule has 2 heteroatoms. The normalized spacial score (nSPS) is 12.3. The van der Waals surface area contributed by atoms with E-state index in [1.807, 2.05) is 6.07 Å². The maximum atomic E-state index is 6.20. The molecule has 0 aliphatic heterocycles. The van der Waals surface area contributed by atoms with Gasteiger partial charge in [-0.05, 0) is 61.6 Å². The standard InChI is InChI=1S/C19H24ClN/c1-3-21-19(17-12-15(2)13-18(20)14-17)11-7-10-16-8-5-4-6-9-16/h4-6,8-9,12-14,19,21H,3,7,10-11H2,1-2H3. The second-order valence-electron chi connectivity index (χ2n) is 5.55. The first kappa shape index (κ1) is 16.1. The van der Waals surface area contributed by atoms with Gasteiger partial charge in [0.25, 0.3) is 0 Å². The molecule has 1 unspecified atom stereocenters. The Bertz CT molecular complexity index is 530. The van der Waals surface area contributed by atoms with Gasteiger partial charge in [-0.15, -0.1) is 0 Å². The van der Waals surface area contributed by atoms with Gasteiger partial charge < -0.3 is 5.32 Å². The third-order valence-corrected chi connectivity index (χ3v) is 3.94. The van der Waals surface area contributed by atoms with E-state index in [2.05, 4.69) is 61.6 Å². The number of aryl methyl sites for hydroxylation is 2. The first-order valence-electron chi connectivity index (χ1n) is 7.73. The van der Waals surface area contributed by atoms with Gasteiger partial charge in [0.15, 0.2) is 0 Å². The van der Waals surface area contributed by atoms with Crippen LogP contribution in [0.4, 0.5) is 0 Å². The highest BCUT2D eigenvalue weighted by Crippen LogP contribution is 2.24. The molecule has 112 valence electrons. The topological polar surface area (TPSA) is 12.0 Å². The zero-order valence-electron chi connectivity index (χ0n) is 12.9. The summed E-state index contributed by atoms with van der Waals surface area (Å²) >= 11 is 6.20. The van der Waals surface area contributed by atoms with Gasteiger partial charge in [-0.2, -0.15) is 0 Å². The molecule has 0 bridgehead atoms. The number of benzene rings is 2. The van der Waals surface area contributed by atoms with Crippen molar-refractivity contribution < 1.29 is 0 Å². The van der Waals surface area contributed by atoms with E-state index in [0.717, 1.165) is 24.4 Å². The Morgan fingerprint density at radius 3 is 2.52 bits per heavy atom. The molecule has 0 saturated carbocycles. The lowest BCUT2D eigenvalue weighted by Crippen LogP contribution is -2.21. The van der Waals surface area contributed by atoms with Crippen LogP contribution in [0.5, 0.6) is 0 Å². The van der Waals surface area contributed by atoms with Gasteiger partial charge in [-0.1, -0.05) is 54.9 Å². The van der Waals surface area contributed by atoms with Gasteiger partial charge in [0.1, 0.15) is 0 Å². The van der Waals surface area contributed by atoms with Crippen molar-refractivity contribution in [2.75, 3.05) is 6.54 Å². The number of nitrogens with one attached hydrogen (secondary N) is 1. The van der Waals surface area contributed by atoms with E-state index in [1.54, 1.807) is 0 Å². The van der Waals surface area contributed by atoms with Crippen LogP contribution in [0.2, 0.25) is 5.02 Å². The molecule has 1 nitrogen and oxygen atoms in total. The molecular formula is C19H24ClN. The molecule has 0 radical (unpaired) electrons. The van der Waals surface area contributed by atoms with E-state index in [4.69, 9.17) is 11.6 Å². The Morgan fingerprint density at radius 1 is 1.10 bits per heavy atom. The largest absolute Gasteiger partial charge is 0.310 e. The molecule has 1 atom stereocenters. The quantitative estimate of drug-likeness (QED) is 0.729. The monoisotopic (exact) mass is 301 g/mol. The van der Waals surface area contributed by atoms with Crippen molar-refractivity contribution in [1.29, 1.82) is 0 Å². The Kier molecular flexibility index (Phi) is 6.28. The molecule has 0 spiro atoms. The van der Waals surface area contributed by atoms with Crippen molar-refractivity contribution in [1.82, 2.24) is 5.32 Å². The Morgan fingerprint density at radius 2 is 1.86 bits per heavy atom. The fourth-order valence-electron chi connectivity index (χ4n) is 2.75. The van der Waals surface area contributed by atoms with E-state index >= 15 is 0 Å². The summed E-state index contributed by atoms with van der Waals surface area (Å²) in [5.74, 6) is 0. The third-order valence-electron chi connectivity index (χ3n) is 3.72. The van der Waals surface area contributed by atoms with E-state index in [1.165, 1.54) is 23.1 Å². The summed E-state index contributed by atoms with van der Waals surface area (Å²) in [5.41, 5.74) is 3.94. The lowest BCUT2D eigenvalue weighted by atomic mass is 9.97. The summed E-state index contributed by atoms with van der Waals surface area (Å²) in [7, 11) is 0. The maximum Gasteiger partial charge on any atom is 0.0411 e. The van der Waals surface area contributed by atoms with Crippen LogP contribution in [-0.4, -0.2) is 6.54 Å². The van der Waals surface area contributed by atoms with Gasteiger partial charge in [0.2, 0.25) is 0 Å². The Hall–Kier alpha value is -1.31. The molecule has 0 heterocycles. The van der Waals surface area contributed by atoms with Crippen molar-refractivity contribution in [3.63, 3.8) is 0 Å². The minimum Gasteiger partial charge on any atom is -0.310 e. The highest BCUT2D eigenvalue weighted by molar-refractivity contribution is 6.30. The summed E-state index contributed by atoms with van der Waals surface area (Å²) in [6.45, 7) is 5.23. The van der Waals surface area contributed by atoms with Gasteiger partial charge >= 0.3 is 0 Å². The smallest absolute Gasteiger partial charge is 0.0411 e. The lowest BCUT2D eigenvalue weighted by Gasteiger charge is -2.19. The molecule has 1 N–H and O–H groups in total. The summed E-state index contributed by atoms with van der Waals surface area (Å²) in [6.07, 6.45) is 3.43. The minimum atomic E-state index is 0.385. The van der Waals surface area contributed by atoms with Crippen molar-refractivity contribution in [3.8, 4) is 0 Å². The molecule has 0 aliphatic rings. The average molecular weight is 302 g/mol. The third kappa shape index (κ3) is 5.18. The van der Waals surface area contributed by atoms with Crippen LogP contribution in [0.3, 0.4) is 0 Å². The van der Waals surface area contributed by atoms with Crippen LogP contribution in [0.1, 0.15) is 42.5 Å². The average Bonchev–Trinajstić information content (AvgIpc) is 2.46. The van der Waals surface area contributed by atoms with E-state index in [9.17, 15) is 0 Å². The molecule has 0 fully saturated rings. The molecular weight excluding hydrogens is 278 g/mol. The van der Waals surface area contributed by atoms with Gasteiger partial charge in [0, 0.05) is 11.1 Å². The number of rotatable bonds is 7. The van der Waals surface area contributed by atoms with Crippen molar-refractivity contribution in [2.24, 2.45) is 0 Å². The molecule has 0 aromatic heterocycles. The minimum absolute atomic E-state index is 0.385. The molecule has 0 aliphatic carbocycles. The lowest BCUT2D eigenvalue weighted by molar-refractivity contribution is 0.498. The van der Waals surface area contributed by atoms with Crippen LogP contribution in [0.15, 0.2) is 48.5 Å². The van der Waals surface area contributed by atoms with E-state index in [0.29, 0.717) is 6.04 Å². The second-order valence-corrected chi connectivity index (χ2v) is 5.99. The SMILES string of the molecule is CCNC(CCCc1ccccc1)c1cc(C)cc(Cl)c1. The number of hydrogen-bond donors (Lipinski definition) is 1. The molecule has 0 amide bonds. The zero-order chi connectivity index (χ0) is 15.1. The van der Waals surface area contributed by atoms with Crippen LogP contribution in [0, 0.1) is 6.92 Å². The second kappa shape index (κ2) is 8.21. The van der Waals surface area contributed by atoms with Crippen LogP contribution < -0.4 is 5.32 Å². The van der Waals surface area contributed by atoms with Gasteiger partial charge in [0.05, 0.1) is 0 Å². The molecule has 2 aromatic rings. The number of hydrogen-bond acceptors (Lipinski definition) is 1. The zero-order valence-corrected chi connectivity index (χ0v) is 13.7. The van der Waals surface area contributed by atoms with E-state index < -0.39 is 0 Å². The first-order valence-corrected chi connectivity index (χ1v) is 8.11. The highest BCUT2D eigenvalue weighted by atomic mass is 35.5. The fourth-order valence-corrected chi connectivity index (χ4v) is 3.05. The van der Waals surface area contributed by atoms with Gasteiger partial charge in [-0.3, -0.25) is 0 Å². The molecule has 0 saturated heterocycles. The summed E-state index contributed by atoms with van der Waals surface area (Å²) < 4.78 is 0. The highest BCUT2D eigenvalue weighted by Gasteiger charge is 2.11. The maximum absolute atomic E-state index is 6.20. The van der Waals surface area contributed by atoms with E-state index in [-0.39, 0.29) is 0 Å². The van der Waals surface area contributed by atoms with Crippen molar-refractivity contribution in [3.05, 3.63) is 70.2 Å². The molecule has 2 aromatic carbocycles. The van der Waals surface area contributed by atoms with Gasteiger partial charge in [-0.25, -0.2) is 0 Å². The molecule has 2 rings (SSSR count). The predicted octanol–water partition coefficient (Wildman–Crippen LogP) is 5.32. The van der Waals surface area contributed by atoms with Crippen molar-refractivity contribution in [2.45, 2.75) is 39.2 Å². The van der Waals surface area contributed by atoms with Crippen LogP contribution in [-0.2, 0) is 6.42 Å². The van der Waals surface area contributed by atoms with Crippen LogP contribution >= 0.6 is 11.6 Å². The first-order chi connectivity index (χ1) is 10.2. The number of halogens is 1. The summed E-state index contributed by atoms with van der Waals surface area (Å²) in [6, 6.07) is 17.4. The summed E-state index contributed by atoms with van der Waals surface area (Å²) in [4.78, 5) is 0. The predicted molar refractivity (Wildman–Crippen MR) is 92.0 cm³/mol. The van der Waals surface area contributed by atoms with Crippen LogP contribution in [0.25, 0.3) is 0 Å². The summed E-state index contributed by atoms with van der Waals surface area (Å²) in [5, 5.41) is 4.41. The Balaban J connectivity index is 1.98. The fraction of sp³-hybridized carbons (Fsp3) is 0.368.